The Bertz CT molecular complexity index is 1200. The summed E-state index contributed by atoms with van der Waals surface area (Å²) in [6, 6.07) is 27.6. The van der Waals surface area contributed by atoms with Crippen LogP contribution in [0.25, 0.3) is 0 Å². The highest BCUT2D eigenvalue weighted by atomic mass is 16.5. The van der Waals surface area contributed by atoms with Crippen molar-refractivity contribution < 1.29 is 4.74 Å². The van der Waals surface area contributed by atoms with Crippen molar-refractivity contribution in [3.8, 4) is 5.75 Å². The first-order valence-corrected chi connectivity index (χ1v) is 12.2. The van der Waals surface area contributed by atoms with Gasteiger partial charge < -0.3 is 4.74 Å². The summed E-state index contributed by atoms with van der Waals surface area (Å²) < 4.78 is 7.23. The third-order valence-corrected chi connectivity index (χ3v) is 6.71. The fourth-order valence-corrected chi connectivity index (χ4v) is 4.72. The molecular weight excluding hydrogens is 436 g/mol. The lowest BCUT2D eigenvalue weighted by Crippen LogP contribution is -2.48. The summed E-state index contributed by atoms with van der Waals surface area (Å²) in [6.07, 6.45) is 0. The average molecular weight is 469 g/mol. The highest BCUT2D eigenvalue weighted by molar-refractivity contribution is 5.30. The molecule has 1 aliphatic rings. The molecule has 1 fully saturated rings. The van der Waals surface area contributed by atoms with Gasteiger partial charge in [-0.1, -0.05) is 72.3 Å². The number of hydrogen-bond donors (Lipinski definition) is 0. The Balaban J connectivity index is 1.37. The van der Waals surface area contributed by atoms with Gasteiger partial charge in [0, 0.05) is 32.7 Å². The molecular formula is C28H32N6O. The number of rotatable bonds is 8. The summed E-state index contributed by atoms with van der Waals surface area (Å²) in [5, 5.41) is 13.0. The van der Waals surface area contributed by atoms with Crippen molar-refractivity contribution in [2.75, 3.05) is 33.3 Å². The van der Waals surface area contributed by atoms with Gasteiger partial charge in [-0.3, -0.25) is 9.80 Å². The van der Waals surface area contributed by atoms with E-state index >= 15 is 0 Å². The van der Waals surface area contributed by atoms with E-state index < -0.39 is 0 Å². The van der Waals surface area contributed by atoms with Crippen molar-refractivity contribution >= 4 is 0 Å². The predicted octanol–water partition coefficient (Wildman–Crippen LogP) is 3.95. The second-order valence-electron chi connectivity index (χ2n) is 9.15. The zero-order valence-electron chi connectivity index (χ0n) is 20.4. The molecule has 2 heterocycles. The number of hydrogen-bond acceptors (Lipinski definition) is 6. The summed E-state index contributed by atoms with van der Waals surface area (Å²) in [6.45, 7) is 7.66. The fourth-order valence-electron chi connectivity index (χ4n) is 4.72. The molecule has 180 valence electrons. The first-order valence-electron chi connectivity index (χ1n) is 12.2. The molecule has 35 heavy (non-hydrogen) atoms. The molecule has 3 aromatic carbocycles. The minimum Gasteiger partial charge on any atom is -0.497 e. The number of aryl methyl sites for hydroxylation is 1. The number of methoxy groups -OCH3 is 1. The topological polar surface area (TPSA) is 59.3 Å². The van der Waals surface area contributed by atoms with Gasteiger partial charge in [-0.2, -0.15) is 0 Å². The molecule has 1 unspecified atom stereocenters. The van der Waals surface area contributed by atoms with Crippen LogP contribution in [-0.2, 0) is 13.1 Å². The first kappa shape index (κ1) is 23.2. The van der Waals surface area contributed by atoms with Crippen molar-refractivity contribution in [1.82, 2.24) is 30.0 Å². The van der Waals surface area contributed by atoms with Gasteiger partial charge in [-0.05, 0) is 46.2 Å². The van der Waals surface area contributed by atoms with E-state index in [1.165, 1.54) is 16.7 Å². The van der Waals surface area contributed by atoms with Crippen LogP contribution in [0.2, 0.25) is 0 Å². The van der Waals surface area contributed by atoms with E-state index in [9.17, 15) is 0 Å². The summed E-state index contributed by atoms with van der Waals surface area (Å²) >= 11 is 0. The van der Waals surface area contributed by atoms with Crippen LogP contribution in [0.3, 0.4) is 0 Å². The van der Waals surface area contributed by atoms with E-state index in [0.717, 1.165) is 49.9 Å². The van der Waals surface area contributed by atoms with Crippen molar-refractivity contribution in [3.05, 3.63) is 107 Å². The second-order valence-corrected chi connectivity index (χ2v) is 9.15. The quantitative estimate of drug-likeness (QED) is 0.390. The summed E-state index contributed by atoms with van der Waals surface area (Å²) in [7, 11) is 1.68. The van der Waals surface area contributed by atoms with Gasteiger partial charge in [0.15, 0.2) is 5.82 Å². The van der Waals surface area contributed by atoms with E-state index in [-0.39, 0.29) is 6.04 Å². The summed E-state index contributed by atoms with van der Waals surface area (Å²) in [5.41, 5.74) is 4.96. The molecule has 1 aromatic heterocycles. The zero-order chi connectivity index (χ0) is 24.0. The molecule has 7 nitrogen and oxygen atoms in total. The zero-order valence-corrected chi connectivity index (χ0v) is 20.4. The Kier molecular flexibility index (Phi) is 7.16. The van der Waals surface area contributed by atoms with Gasteiger partial charge in [0.2, 0.25) is 0 Å². The number of tetrazole rings is 1. The van der Waals surface area contributed by atoms with Crippen LogP contribution in [-0.4, -0.2) is 63.3 Å². The molecule has 0 aliphatic carbocycles. The number of ether oxygens (including phenoxy) is 1. The molecule has 0 amide bonds. The first-order chi connectivity index (χ1) is 17.2. The Morgan fingerprint density at radius 1 is 0.800 bits per heavy atom. The normalized spacial score (nSPS) is 15.7. The molecule has 1 saturated heterocycles. The van der Waals surface area contributed by atoms with E-state index in [0.29, 0.717) is 6.54 Å². The average Bonchev–Trinajstić information content (AvgIpc) is 3.35. The molecule has 1 atom stereocenters. The van der Waals surface area contributed by atoms with Crippen LogP contribution in [0.5, 0.6) is 5.75 Å². The lowest BCUT2D eigenvalue weighted by Gasteiger charge is -2.39. The van der Waals surface area contributed by atoms with Crippen LogP contribution in [0.4, 0.5) is 0 Å². The number of piperazine rings is 1. The van der Waals surface area contributed by atoms with Crippen molar-refractivity contribution in [2.45, 2.75) is 26.1 Å². The summed E-state index contributed by atoms with van der Waals surface area (Å²) in [5.74, 6) is 1.72. The standard InChI is InChI=1S/C28H32N6O/c1-22-8-12-25(13-9-22)27(33-18-16-32(17-19-33)20-23-6-4-3-5-7-23)28-29-30-31-34(28)21-24-10-14-26(35-2)15-11-24/h3-15,27H,16-21H2,1-2H3. The van der Waals surface area contributed by atoms with Gasteiger partial charge in [-0.15, -0.1) is 5.10 Å². The monoisotopic (exact) mass is 468 g/mol. The van der Waals surface area contributed by atoms with Crippen molar-refractivity contribution in [3.63, 3.8) is 0 Å². The molecule has 0 saturated carbocycles. The van der Waals surface area contributed by atoms with Gasteiger partial charge >= 0.3 is 0 Å². The van der Waals surface area contributed by atoms with Crippen LogP contribution in [0, 0.1) is 6.92 Å². The minimum absolute atomic E-state index is 0.00252. The second kappa shape index (κ2) is 10.8. The maximum Gasteiger partial charge on any atom is 0.173 e. The molecule has 4 aromatic rings. The molecule has 0 N–H and O–H groups in total. The SMILES string of the molecule is COc1ccc(Cn2nnnc2C(c2ccc(C)cc2)N2CCN(Cc3ccccc3)CC2)cc1. The smallest absolute Gasteiger partial charge is 0.173 e. The Morgan fingerprint density at radius 2 is 1.49 bits per heavy atom. The number of nitrogens with zero attached hydrogens (tertiary/aromatic N) is 6. The van der Waals surface area contributed by atoms with Crippen LogP contribution >= 0.6 is 0 Å². The third kappa shape index (κ3) is 5.58. The van der Waals surface area contributed by atoms with Crippen molar-refractivity contribution in [2.24, 2.45) is 0 Å². The van der Waals surface area contributed by atoms with Gasteiger partial charge in [0.05, 0.1) is 19.7 Å². The Hall–Kier alpha value is -3.55. The van der Waals surface area contributed by atoms with E-state index in [1.54, 1.807) is 7.11 Å². The molecule has 7 heteroatoms. The van der Waals surface area contributed by atoms with Crippen LogP contribution in [0.15, 0.2) is 78.9 Å². The van der Waals surface area contributed by atoms with Gasteiger partial charge in [0.25, 0.3) is 0 Å². The Morgan fingerprint density at radius 3 is 2.17 bits per heavy atom. The van der Waals surface area contributed by atoms with Crippen LogP contribution in [0.1, 0.15) is 34.1 Å². The van der Waals surface area contributed by atoms with Gasteiger partial charge in [-0.25, -0.2) is 4.68 Å². The maximum absolute atomic E-state index is 5.30. The molecule has 5 rings (SSSR count). The lowest BCUT2D eigenvalue weighted by atomic mass is 10.0. The molecule has 0 spiro atoms. The predicted molar refractivity (Wildman–Crippen MR) is 136 cm³/mol. The maximum atomic E-state index is 5.30. The number of benzene rings is 3. The Labute approximate surface area is 206 Å². The largest absolute Gasteiger partial charge is 0.497 e. The highest BCUT2D eigenvalue weighted by Crippen LogP contribution is 2.29. The molecule has 1 aliphatic heterocycles. The van der Waals surface area contributed by atoms with E-state index in [2.05, 4.69) is 99.0 Å². The van der Waals surface area contributed by atoms with Gasteiger partial charge in [0.1, 0.15) is 5.75 Å². The van der Waals surface area contributed by atoms with E-state index in [1.807, 2.05) is 16.8 Å². The number of aromatic nitrogens is 4. The third-order valence-electron chi connectivity index (χ3n) is 6.71. The summed E-state index contributed by atoms with van der Waals surface area (Å²) in [4.78, 5) is 5.04. The van der Waals surface area contributed by atoms with Crippen LogP contribution < -0.4 is 4.74 Å². The minimum atomic E-state index is 0.00252. The van der Waals surface area contributed by atoms with Crippen molar-refractivity contribution in [1.29, 1.82) is 0 Å². The lowest BCUT2D eigenvalue weighted by molar-refractivity contribution is 0.100. The molecule has 0 bridgehead atoms. The fraction of sp³-hybridized carbons (Fsp3) is 0.321. The molecule has 0 radical (unpaired) electrons. The highest BCUT2D eigenvalue weighted by Gasteiger charge is 2.30. The van der Waals surface area contributed by atoms with E-state index in [4.69, 9.17) is 4.74 Å².